The molecule has 1 aromatic rings. The molecule has 4 heteroatoms. The molecule has 3 rings (SSSR count). The van der Waals surface area contributed by atoms with Crippen LogP contribution in [0.2, 0.25) is 0 Å². The zero-order chi connectivity index (χ0) is 13.9. The van der Waals surface area contributed by atoms with Gasteiger partial charge in [0, 0.05) is 17.9 Å². The average molecular weight is 277 g/mol. The summed E-state index contributed by atoms with van der Waals surface area (Å²) in [5, 5.41) is 7.76. The van der Waals surface area contributed by atoms with Crippen LogP contribution in [0.15, 0.2) is 4.52 Å². The molecule has 112 valence electrons. The highest BCUT2D eigenvalue weighted by molar-refractivity contribution is 5.02. The number of nitrogens with one attached hydrogen (secondary N) is 1. The molecule has 2 aliphatic rings. The Labute approximate surface area is 121 Å². The zero-order valence-corrected chi connectivity index (χ0v) is 12.8. The Kier molecular flexibility index (Phi) is 4.39. The Morgan fingerprint density at radius 1 is 1.15 bits per heavy atom. The SMILES string of the molecule is CCC1CCC(c2noc(C3CCNC(C)C3)n2)CC1. The van der Waals surface area contributed by atoms with Gasteiger partial charge in [0.25, 0.3) is 0 Å². The molecule has 2 atom stereocenters. The molecule has 0 aromatic carbocycles. The second kappa shape index (κ2) is 6.25. The van der Waals surface area contributed by atoms with E-state index in [1.807, 2.05) is 0 Å². The summed E-state index contributed by atoms with van der Waals surface area (Å²) in [7, 11) is 0. The van der Waals surface area contributed by atoms with E-state index < -0.39 is 0 Å². The number of aromatic nitrogens is 2. The van der Waals surface area contributed by atoms with Gasteiger partial charge in [0.1, 0.15) is 0 Å². The zero-order valence-electron chi connectivity index (χ0n) is 12.8. The molecule has 1 saturated heterocycles. The monoisotopic (exact) mass is 277 g/mol. The Morgan fingerprint density at radius 2 is 1.95 bits per heavy atom. The number of rotatable bonds is 3. The van der Waals surface area contributed by atoms with Gasteiger partial charge in [-0.25, -0.2) is 0 Å². The van der Waals surface area contributed by atoms with E-state index in [4.69, 9.17) is 9.51 Å². The molecule has 1 aliphatic carbocycles. The quantitative estimate of drug-likeness (QED) is 0.917. The summed E-state index contributed by atoms with van der Waals surface area (Å²) >= 11 is 0. The highest BCUT2D eigenvalue weighted by Gasteiger charge is 2.28. The van der Waals surface area contributed by atoms with Crippen molar-refractivity contribution in [3.8, 4) is 0 Å². The second-order valence-electron chi connectivity index (χ2n) is 6.69. The maximum atomic E-state index is 5.57. The third-order valence-corrected chi connectivity index (χ3v) is 5.22. The van der Waals surface area contributed by atoms with Crippen LogP contribution in [0.5, 0.6) is 0 Å². The van der Waals surface area contributed by atoms with Crippen molar-refractivity contribution in [2.45, 2.75) is 76.7 Å². The van der Waals surface area contributed by atoms with E-state index in [1.165, 1.54) is 32.1 Å². The molecule has 0 radical (unpaired) electrons. The Morgan fingerprint density at radius 3 is 2.65 bits per heavy atom. The molecule has 1 N–H and O–H groups in total. The molecule has 2 fully saturated rings. The van der Waals surface area contributed by atoms with Crippen molar-refractivity contribution in [3.05, 3.63) is 11.7 Å². The van der Waals surface area contributed by atoms with Gasteiger partial charge in [-0.1, -0.05) is 18.5 Å². The first-order valence-corrected chi connectivity index (χ1v) is 8.33. The maximum absolute atomic E-state index is 5.57. The van der Waals surface area contributed by atoms with Crippen LogP contribution < -0.4 is 5.32 Å². The van der Waals surface area contributed by atoms with Gasteiger partial charge in [-0.2, -0.15) is 4.98 Å². The lowest BCUT2D eigenvalue weighted by Crippen LogP contribution is -2.34. The van der Waals surface area contributed by atoms with E-state index in [2.05, 4.69) is 24.3 Å². The van der Waals surface area contributed by atoms with E-state index >= 15 is 0 Å². The Hall–Kier alpha value is -0.900. The minimum absolute atomic E-state index is 0.458. The van der Waals surface area contributed by atoms with Gasteiger partial charge in [0.2, 0.25) is 5.89 Å². The summed E-state index contributed by atoms with van der Waals surface area (Å²) in [5.41, 5.74) is 0. The van der Waals surface area contributed by atoms with Crippen LogP contribution in [-0.4, -0.2) is 22.7 Å². The molecular formula is C16H27N3O. The molecule has 2 unspecified atom stereocenters. The highest BCUT2D eigenvalue weighted by atomic mass is 16.5. The fourth-order valence-electron chi connectivity index (χ4n) is 3.76. The summed E-state index contributed by atoms with van der Waals surface area (Å²) in [5.74, 6) is 3.77. The smallest absolute Gasteiger partial charge is 0.229 e. The van der Waals surface area contributed by atoms with Gasteiger partial charge in [-0.15, -0.1) is 0 Å². The molecule has 0 amide bonds. The van der Waals surface area contributed by atoms with Crippen molar-refractivity contribution in [2.75, 3.05) is 6.54 Å². The molecule has 0 bridgehead atoms. The molecule has 4 nitrogen and oxygen atoms in total. The first-order chi connectivity index (χ1) is 9.76. The van der Waals surface area contributed by atoms with Crippen LogP contribution in [0, 0.1) is 5.92 Å². The molecule has 0 spiro atoms. The fraction of sp³-hybridized carbons (Fsp3) is 0.875. The predicted molar refractivity (Wildman–Crippen MR) is 78.7 cm³/mol. The topological polar surface area (TPSA) is 51.0 Å². The van der Waals surface area contributed by atoms with Gasteiger partial charge in [-0.05, 0) is 57.9 Å². The van der Waals surface area contributed by atoms with Gasteiger partial charge in [0.15, 0.2) is 5.82 Å². The molecular weight excluding hydrogens is 250 g/mol. The van der Waals surface area contributed by atoms with E-state index in [9.17, 15) is 0 Å². The highest BCUT2D eigenvalue weighted by Crippen LogP contribution is 2.36. The maximum Gasteiger partial charge on any atom is 0.229 e. The second-order valence-corrected chi connectivity index (χ2v) is 6.69. The number of nitrogens with zero attached hydrogens (tertiary/aromatic N) is 2. The Bertz CT molecular complexity index is 423. The van der Waals surface area contributed by atoms with Crippen molar-refractivity contribution in [1.29, 1.82) is 0 Å². The summed E-state index contributed by atoms with van der Waals surface area (Å²) < 4.78 is 5.57. The van der Waals surface area contributed by atoms with E-state index in [0.717, 1.165) is 37.0 Å². The fourth-order valence-corrected chi connectivity index (χ4v) is 3.76. The normalized spacial score (nSPS) is 35.1. The van der Waals surface area contributed by atoms with Crippen molar-refractivity contribution in [1.82, 2.24) is 15.5 Å². The lowest BCUT2D eigenvalue weighted by atomic mass is 9.80. The molecule has 1 saturated carbocycles. The molecule has 20 heavy (non-hydrogen) atoms. The van der Waals surface area contributed by atoms with Crippen molar-refractivity contribution in [3.63, 3.8) is 0 Å². The minimum Gasteiger partial charge on any atom is -0.339 e. The van der Waals surface area contributed by atoms with Crippen LogP contribution >= 0.6 is 0 Å². The third-order valence-electron chi connectivity index (χ3n) is 5.22. The van der Waals surface area contributed by atoms with Crippen molar-refractivity contribution in [2.24, 2.45) is 5.92 Å². The largest absolute Gasteiger partial charge is 0.339 e. The van der Waals surface area contributed by atoms with Crippen LogP contribution in [-0.2, 0) is 0 Å². The number of hydrogen-bond acceptors (Lipinski definition) is 4. The minimum atomic E-state index is 0.458. The van der Waals surface area contributed by atoms with Crippen LogP contribution in [0.1, 0.15) is 82.3 Å². The first-order valence-electron chi connectivity index (χ1n) is 8.33. The molecule has 1 aromatic heterocycles. The van der Waals surface area contributed by atoms with Gasteiger partial charge < -0.3 is 9.84 Å². The number of hydrogen-bond donors (Lipinski definition) is 1. The summed E-state index contributed by atoms with van der Waals surface area (Å²) in [6.07, 6.45) is 8.68. The summed E-state index contributed by atoms with van der Waals surface area (Å²) in [6.45, 7) is 5.59. The van der Waals surface area contributed by atoms with E-state index in [1.54, 1.807) is 0 Å². The lowest BCUT2D eigenvalue weighted by molar-refractivity contribution is 0.286. The average Bonchev–Trinajstić information content (AvgIpc) is 2.97. The van der Waals surface area contributed by atoms with Crippen LogP contribution in [0.25, 0.3) is 0 Å². The molecule has 2 heterocycles. The van der Waals surface area contributed by atoms with Crippen LogP contribution in [0.3, 0.4) is 0 Å². The predicted octanol–water partition coefficient (Wildman–Crippen LogP) is 3.61. The van der Waals surface area contributed by atoms with Crippen molar-refractivity contribution < 1.29 is 4.52 Å². The summed E-state index contributed by atoms with van der Waals surface area (Å²) in [4.78, 5) is 4.74. The van der Waals surface area contributed by atoms with E-state index in [0.29, 0.717) is 17.9 Å². The van der Waals surface area contributed by atoms with Gasteiger partial charge in [0.05, 0.1) is 0 Å². The Balaban J connectivity index is 1.62. The van der Waals surface area contributed by atoms with Gasteiger partial charge in [-0.3, -0.25) is 0 Å². The molecule has 1 aliphatic heterocycles. The lowest BCUT2D eigenvalue weighted by Gasteiger charge is -2.26. The van der Waals surface area contributed by atoms with Crippen molar-refractivity contribution >= 4 is 0 Å². The number of piperidine rings is 1. The van der Waals surface area contributed by atoms with E-state index in [-0.39, 0.29) is 0 Å². The summed E-state index contributed by atoms with van der Waals surface area (Å²) in [6, 6.07) is 0.559. The first kappa shape index (κ1) is 14.1. The van der Waals surface area contributed by atoms with Gasteiger partial charge >= 0.3 is 0 Å². The standard InChI is InChI=1S/C16H27N3O/c1-3-12-4-6-13(7-5-12)15-18-16(20-19-15)14-8-9-17-11(2)10-14/h11-14,17H,3-10H2,1-2H3. The third kappa shape index (κ3) is 3.05. The van der Waals surface area contributed by atoms with Crippen LogP contribution in [0.4, 0.5) is 0 Å².